The van der Waals surface area contributed by atoms with Gasteiger partial charge < -0.3 is 0 Å². The van der Waals surface area contributed by atoms with E-state index in [1.807, 2.05) is 6.92 Å². The highest BCUT2D eigenvalue weighted by molar-refractivity contribution is 6.70. The molecule has 0 bridgehead atoms. The summed E-state index contributed by atoms with van der Waals surface area (Å²) in [6.45, 7) is 1.87. The van der Waals surface area contributed by atoms with Gasteiger partial charge in [0.05, 0.1) is 0 Å². The predicted octanol–water partition coefficient (Wildman–Crippen LogP) is 3.19. The minimum atomic E-state index is -0.0255. The van der Waals surface area contributed by atoms with Gasteiger partial charge in [0.1, 0.15) is 11.7 Å². The molecule has 1 aliphatic heterocycles. The van der Waals surface area contributed by atoms with E-state index in [4.69, 9.17) is 23.2 Å². The van der Waals surface area contributed by atoms with Crippen LogP contribution in [0.15, 0.2) is 32.5 Å². The second-order valence-electron chi connectivity index (χ2n) is 2.74. The highest BCUT2D eigenvalue weighted by atomic mass is 35.5. The van der Waals surface area contributed by atoms with E-state index in [0.29, 0.717) is 17.0 Å². The topological polar surface area (TPSA) is 41.8 Å². The van der Waals surface area contributed by atoms with Crippen molar-refractivity contribution in [3.8, 4) is 0 Å². The molecule has 1 aliphatic rings. The fourth-order valence-electron chi connectivity index (χ4n) is 0.969. The third-order valence-corrected chi connectivity index (χ3v) is 2.32. The van der Waals surface area contributed by atoms with Gasteiger partial charge in [-0.25, -0.2) is 4.99 Å². The smallest absolute Gasteiger partial charge is 0.135 e. The lowest BCUT2D eigenvalue weighted by molar-refractivity contribution is 1.12. The van der Waals surface area contributed by atoms with Gasteiger partial charge in [0.25, 0.3) is 0 Å². The quantitative estimate of drug-likeness (QED) is 0.657. The minimum Gasteiger partial charge on any atom is -0.244 e. The average molecular weight is 219 g/mol. The van der Waals surface area contributed by atoms with Crippen molar-refractivity contribution in [1.82, 2.24) is 0 Å². The van der Waals surface area contributed by atoms with Crippen molar-refractivity contribution in [1.29, 1.82) is 0 Å². The minimum absolute atomic E-state index is 0.0255. The largest absolute Gasteiger partial charge is 0.244 e. The van der Waals surface area contributed by atoms with E-state index in [0.717, 1.165) is 5.57 Å². The lowest BCUT2D eigenvalue weighted by atomic mass is 10.2. The van der Waals surface area contributed by atoms with Crippen LogP contribution in [0.2, 0.25) is 0 Å². The lowest BCUT2D eigenvalue weighted by Crippen LogP contribution is -1.99. The molecule has 0 aromatic carbocycles. The third-order valence-electron chi connectivity index (χ3n) is 1.63. The summed E-state index contributed by atoms with van der Waals surface area (Å²) >= 11 is 11.7. The summed E-state index contributed by atoms with van der Waals surface area (Å²) in [5, 5.41) is 3.54. The zero-order chi connectivity index (χ0) is 9.84. The Morgan fingerprint density at radius 1 is 1.62 bits per heavy atom. The Kier molecular flexibility index (Phi) is 3.63. The van der Waals surface area contributed by atoms with Crippen molar-refractivity contribution in [2.75, 3.05) is 6.54 Å². The first kappa shape index (κ1) is 10.4. The zero-order valence-corrected chi connectivity index (χ0v) is 8.56. The molecule has 0 saturated heterocycles. The van der Waals surface area contributed by atoms with Crippen LogP contribution in [0.25, 0.3) is 0 Å². The molecule has 1 rings (SSSR count). The van der Waals surface area contributed by atoms with Crippen LogP contribution in [0, 0.1) is 4.91 Å². The number of allylic oxidation sites excluding steroid dienone is 2. The summed E-state index contributed by atoms with van der Waals surface area (Å²) in [5.74, 6) is 0. The van der Waals surface area contributed by atoms with Gasteiger partial charge >= 0.3 is 0 Å². The Labute approximate surface area is 86.1 Å². The molecule has 0 fully saturated rings. The van der Waals surface area contributed by atoms with Gasteiger partial charge in [0.15, 0.2) is 0 Å². The number of halogens is 2. The van der Waals surface area contributed by atoms with E-state index < -0.39 is 0 Å². The molecule has 5 heteroatoms. The van der Waals surface area contributed by atoms with Crippen LogP contribution in [0.4, 0.5) is 0 Å². The summed E-state index contributed by atoms with van der Waals surface area (Å²) in [4.78, 5) is 14.0. The van der Waals surface area contributed by atoms with Crippen LogP contribution in [-0.4, -0.2) is 11.7 Å². The third kappa shape index (κ3) is 2.64. The highest BCUT2D eigenvalue weighted by Crippen LogP contribution is 2.24. The van der Waals surface area contributed by atoms with Crippen LogP contribution >= 0.6 is 23.2 Å². The molecule has 0 aromatic heterocycles. The Balaban J connectivity index is 3.03. The molecule has 3 nitrogen and oxygen atoms in total. The van der Waals surface area contributed by atoms with Crippen LogP contribution < -0.4 is 0 Å². The van der Waals surface area contributed by atoms with Crippen molar-refractivity contribution in [2.24, 2.45) is 10.2 Å². The molecule has 0 saturated carbocycles. The molecule has 0 spiro atoms. The summed E-state index contributed by atoms with van der Waals surface area (Å²) in [7, 11) is 0. The van der Waals surface area contributed by atoms with E-state index in [1.54, 1.807) is 6.20 Å². The van der Waals surface area contributed by atoms with Crippen molar-refractivity contribution in [3.63, 3.8) is 0 Å². The van der Waals surface area contributed by atoms with Gasteiger partial charge in [-0.1, -0.05) is 28.4 Å². The van der Waals surface area contributed by atoms with Gasteiger partial charge in [0, 0.05) is 23.2 Å². The summed E-state index contributed by atoms with van der Waals surface area (Å²) in [5.41, 5.74) is 1.52. The zero-order valence-electron chi connectivity index (χ0n) is 7.05. The molecule has 0 aromatic rings. The predicted molar refractivity (Wildman–Crippen MR) is 55.2 cm³/mol. The van der Waals surface area contributed by atoms with Gasteiger partial charge in [0.2, 0.25) is 0 Å². The molecule has 0 N–H and O–H groups in total. The Morgan fingerprint density at radius 2 is 2.31 bits per heavy atom. The SMILES string of the molecule is CC1=CN=C(Cl)C(CN=O)=C(Cl)C1. The maximum Gasteiger partial charge on any atom is 0.135 e. The first-order valence-corrected chi connectivity index (χ1v) is 4.46. The maximum atomic E-state index is 10.1. The molecule has 0 radical (unpaired) electrons. The fraction of sp³-hybridized carbons (Fsp3) is 0.375. The summed E-state index contributed by atoms with van der Waals surface area (Å²) in [6, 6.07) is 0. The Bertz CT molecular complexity index is 318. The molecule has 0 amide bonds. The molecule has 0 unspecified atom stereocenters. The van der Waals surface area contributed by atoms with Crippen LogP contribution in [-0.2, 0) is 0 Å². The standard InChI is InChI=1S/C8H8Cl2N2O/c1-5-2-7(9)6(4-12-13)8(10)11-3-5/h3H,2,4H2,1H3. The van der Waals surface area contributed by atoms with Crippen LogP contribution in [0.5, 0.6) is 0 Å². The van der Waals surface area contributed by atoms with E-state index in [-0.39, 0.29) is 11.7 Å². The van der Waals surface area contributed by atoms with E-state index >= 15 is 0 Å². The first-order chi connectivity index (χ1) is 6.15. The normalized spacial score (nSPS) is 17.8. The monoisotopic (exact) mass is 218 g/mol. The number of nitroso groups, excluding NO2 is 1. The van der Waals surface area contributed by atoms with E-state index in [9.17, 15) is 4.91 Å². The number of aliphatic imine (C=N–C) groups is 1. The molecule has 70 valence electrons. The van der Waals surface area contributed by atoms with Gasteiger partial charge in [-0.2, -0.15) is 4.91 Å². The molecular weight excluding hydrogens is 211 g/mol. The molecular formula is C8H8Cl2N2O. The van der Waals surface area contributed by atoms with Gasteiger partial charge in [-0.05, 0) is 12.5 Å². The Morgan fingerprint density at radius 3 is 2.92 bits per heavy atom. The fourth-order valence-corrected chi connectivity index (χ4v) is 1.60. The molecule has 0 atom stereocenters. The molecule has 13 heavy (non-hydrogen) atoms. The average Bonchev–Trinajstić information content (AvgIpc) is 2.19. The number of nitrogens with zero attached hydrogens (tertiary/aromatic N) is 2. The molecule has 0 aliphatic carbocycles. The second kappa shape index (κ2) is 4.53. The highest BCUT2D eigenvalue weighted by Gasteiger charge is 2.13. The number of hydrogen-bond acceptors (Lipinski definition) is 3. The molecule has 1 heterocycles. The van der Waals surface area contributed by atoms with Crippen LogP contribution in [0.1, 0.15) is 13.3 Å². The van der Waals surface area contributed by atoms with Gasteiger partial charge in [-0.3, -0.25) is 0 Å². The first-order valence-electron chi connectivity index (χ1n) is 3.71. The second-order valence-corrected chi connectivity index (χ2v) is 3.56. The Hall–Kier alpha value is -0.670. The van der Waals surface area contributed by atoms with Crippen LogP contribution in [0.3, 0.4) is 0 Å². The van der Waals surface area contributed by atoms with Gasteiger partial charge in [-0.15, -0.1) is 0 Å². The van der Waals surface area contributed by atoms with Crippen molar-refractivity contribution >= 4 is 28.4 Å². The van der Waals surface area contributed by atoms with Crippen molar-refractivity contribution in [2.45, 2.75) is 13.3 Å². The number of hydrogen-bond donors (Lipinski definition) is 0. The summed E-state index contributed by atoms with van der Waals surface area (Å²) in [6.07, 6.45) is 2.22. The van der Waals surface area contributed by atoms with E-state index in [1.165, 1.54) is 0 Å². The number of rotatable bonds is 2. The van der Waals surface area contributed by atoms with Crippen molar-refractivity contribution in [3.05, 3.63) is 27.3 Å². The maximum absolute atomic E-state index is 10.1. The summed E-state index contributed by atoms with van der Waals surface area (Å²) < 4.78 is 0. The van der Waals surface area contributed by atoms with E-state index in [2.05, 4.69) is 10.2 Å². The van der Waals surface area contributed by atoms with Crippen molar-refractivity contribution < 1.29 is 0 Å². The lowest BCUT2D eigenvalue weighted by Gasteiger charge is -2.01.